The predicted molar refractivity (Wildman–Crippen MR) is 85.5 cm³/mol. The van der Waals surface area contributed by atoms with E-state index in [0.29, 0.717) is 12.5 Å². The van der Waals surface area contributed by atoms with Gasteiger partial charge >= 0.3 is 0 Å². The number of benzene rings is 1. The molecule has 1 atom stereocenters. The van der Waals surface area contributed by atoms with E-state index >= 15 is 0 Å². The first-order chi connectivity index (χ1) is 10.8. The number of nitrogens with zero attached hydrogens (tertiary/aromatic N) is 3. The average molecular weight is 301 g/mol. The third-order valence-corrected chi connectivity index (χ3v) is 4.10. The summed E-state index contributed by atoms with van der Waals surface area (Å²) in [6, 6.07) is 7.92. The maximum Gasteiger partial charge on any atom is 0.244 e. The number of amides is 1. The fourth-order valence-electron chi connectivity index (χ4n) is 2.92. The molecule has 1 aromatic heterocycles. The Kier molecular flexibility index (Phi) is 4.73. The standard InChI is InChI=1S/C17H23N3O2/c1-2-9-22-13-14-7-8-19(10-14)17(21)12-20-11-15-5-3-4-6-16(15)18-20/h3-6,11,14H,2,7-10,12-13H2,1H3. The molecule has 1 aliphatic heterocycles. The molecule has 1 aromatic carbocycles. The van der Waals surface area contributed by atoms with Crippen molar-refractivity contribution in [1.29, 1.82) is 0 Å². The number of carbonyl (C=O) groups is 1. The first-order valence-electron chi connectivity index (χ1n) is 8.04. The van der Waals surface area contributed by atoms with Crippen LogP contribution in [0.1, 0.15) is 19.8 Å². The second-order valence-electron chi connectivity index (χ2n) is 5.95. The lowest BCUT2D eigenvalue weighted by atomic mass is 10.1. The van der Waals surface area contributed by atoms with E-state index in [4.69, 9.17) is 4.74 Å². The zero-order valence-electron chi connectivity index (χ0n) is 13.1. The molecule has 5 nitrogen and oxygen atoms in total. The van der Waals surface area contributed by atoms with Crippen molar-refractivity contribution in [2.45, 2.75) is 26.3 Å². The summed E-state index contributed by atoms with van der Waals surface area (Å²) in [6.45, 7) is 5.65. The summed E-state index contributed by atoms with van der Waals surface area (Å²) in [4.78, 5) is 14.3. The highest BCUT2D eigenvalue weighted by Gasteiger charge is 2.26. The lowest BCUT2D eigenvalue weighted by Crippen LogP contribution is -2.32. The topological polar surface area (TPSA) is 47.4 Å². The van der Waals surface area contributed by atoms with Crippen molar-refractivity contribution < 1.29 is 9.53 Å². The number of carbonyl (C=O) groups excluding carboxylic acids is 1. The maximum absolute atomic E-state index is 12.4. The molecule has 1 fully saturated rings. The number of fused-ring (bicyclic) bond motifs is 1. The van der Waals surface area contributed by atoms with E-state index in [2.05, 4.69) is 12.0 Å². The van der Waals surface area contributed by atoms with Crippen LogP contribution in [0.5, 0.6) is 0 Å². The molecule has 3 rings (SSSR count). The Labute approximate surface area is 130 Å². The summed E-state index contributed by atoms with van der Waals surface area (Å²) < 4.78 is 7.34. The Bertz CT molecular complexity index is 605. The van der Waals surface area contributed by atoms with Crippen LogP contribution < -0.4 is 0 Å². The average Bonchev–Trinajstić information content (AvgIpc) is 3.13. The van der Waals surface area contributed by atoms with Gasteiger partial charge in [0.2, 0.25) is 5.91 Å². The Balaban J connectivity index is 1.54. The Hall–Kier alpha value is -1.88. The maximum atomic E-state index is 12.4. The molecule has 1 unspecified atom stereocenters. The molecule has 22 heavy (non-hydrogen) atoms. The van der Waals surface area contributed by atoms with Crippen LogP contribution in [-0.4, -0.2) is 46.9 Å². The van der Waals surface area contributed by atoms with Crippen LogP contribution in [0.2, 0.25) is 0 Å². The molecular formula is C17H23N3O2. The molecule has 2 heterocycles. The molecule has 1 aliphatic rings. The van der Waals surface area contributed by atoms with E-state index in [-0.39, 0.29) is 5.91 Å². The van der Waals surface area contributed by atoms with Crippen LogP contribution in [0.4, 0.5) is 0 Å². The number of hydrogen-bond donors (Lipinski definition) is 0. The van der Waals surface area contributed by atoms with Gasteiger partial charge in [0, 0.05) is 37.2 Å². The van der Waals surface area contributed by atoms with Gasteiger partial charge in [0.05, 0.1) is 12.1 Å². The van der Waals surface area contributed by atoms with Gasteiger partial charge in [-0.15, -0.1) is 0 Å². The van der Waals surface area contributed by atoms with Crippen LogP contribution in [-0.2, 0) is 16.1 Å². The molecule has 5 heteroatoms. The summed E-state index contributed by atoms with van der Waals surface area (Å²) >= 11 is 0. The van der Waals surface area contributed by atoms with Crippen LogP contribution in [0, 0.1) is 5.92 Å². The van der Waals surface area contributed by atoms with Gasteiger partial charge in [0.15, 0.2) is 0 Å². The van der Waals surface area contributed by atoms with Crippen molar-refractivity contribution in [3.05, 3.63) is 30.5 Å². The van der Waals surface area contributed by atoms with Gasteiger partial charge in [-0.25, -0.2) is 0 Å². The summed E-state index contributed by atoms with van der Waals surface area (Å²) in [5.74, 6) is 0.623. The van der Waals surface area contributed by atoms with Gasteiger partial charge in [0.1, 0.15) is 6.54 Å². The van der Waals surface area contributed by atoms with Crippen molar-refractivity contribution >= 4 is 16.8 Å². The zero-order valence-corrected chi connectivity index (χ0v) is 13.1. The third kappa shape index (κ3) is 3.47. The molecular weight excluding hydrogens is 278 g/mol. The van der Waals surface area contributed by atoms with E-state index in [9.17, 15) is 4.79 Å². The number of likely N-dealkylation sites (tertiary alicyclic amines) is 1. The van der Waals surface area contributed by atoms with Gasteiger partial charge < -0.3 is 9.64 Å². The minimum absolute atomic E-state index is 0.144. The monoisotopic (exact) mass is 301 g/mol. The van der Waals surface area contributed by atoms with Crippen LogP contribution >= 0.6 is 0 Å². The SMILES string of the molecule is CCCOCC1CCN(C(=O)Cn2cc3ccccc3n2)C1. The molecule has 0 N–H and O–H groups in total. The van der Waals surface area contributed by atoms with Crippen LogP contribution in [0.25, 0.3) is 10.9 Å². The molecule has 1 saturated heterocycles. The lowest BCUT2D eigenvalue weighted by Gasteiger charge is -2.16. The highest BCUT2D eigenvalue weighted by molar-refractivity contribution is 5.80. The lowest BCUT2D eigenvalue weighted by molar-refractivity contribution is -0.131. The van der Waals surface area contributed by atoms with Crippen molar-refractivity contribution in [3.63, 3.8) is 0 Å². The predicted octanol–water partition coefficient (Wildman–Crippen LogP) is 2.31. The van der Waals surface area contributed by atoms with E-state index in [1.165, 1.54) is 0 Å². The van der Waals surface area contributed by atoms with Crippen LogP contribution in [0.3, 0.4) is 0 Å². The van der Waals surface area contributed by atoms with Crippen molar-refractivity contribution in [3.8, 4) is 0 Å². The Morgan fingerprint density at radius 1 is 1.41 bits per heavy atom. The molecule has 1 amide bonds. The second-order valence-corrected chi connectivity index (χ2v) is 5.95. The smallest absolute Gasteiger partial charge is 0.244 e. The first kappa shape index (κ1) is 15.0. The first-order valence-corrected chi connectivity index (χ1v) is 8.04. The second kappa shape index (κ2) is 6.92. The fraction of sp³-hybridized carbons (Fsp3) is 0.529. The molecule has 0 bridgehead atoms. The van der Waals surface area contributed by atoms with Gasteiger partial charge in [-0.3, -0.25) is 9.48 Å². The zero-order chi connectivity index (χ0) is 15.4. The summed E-state index contributed by atoms with van der Waals surface area (Å²) in [6.07, 6.45) is 4.02. The van der Waals surface area contributed by atoms with E-state index in [1.54, 1.807) is 4.68 Å². The molecule has 118 valence electrons. The highest BCUT2D eigenvalue weighted by Crippen LogP contribution is 2.17. The quantitative estimate of drug-likeness (QED) is 0.769. The highest BCUT2D eigenvalue weighted by atomic mass is 16.5. The summed E-state index contributed by atoms with van der Waals surface area (Å²) in [5.41, 5.74) is 0.933. The van der Waals surface area contributed by atoms with E-state index in [1.807, 2.05) is 35.4 Å². The number of aromatic nitrogens is 2. The van der Waals surface area contributed by atoms with Crippen molar-refractivity contribution in [2.24, 2.45) is 5.92 Å². The third-order valence-electron chi connectivity index (χ3n) is 4.10. The van der Waals surface area contributed by atoms with Crippen molar-refractivity contribution in [2.75, 3.05) is 26.3 Å². The number of ether oxygens (including phenoxy) is 1. The minimum atomic E-state index is 0.144. The fourth-order valence-corrected chi connectivity index (χ4v) is 2.92. The molecule has 0 aliphatic carbocycles. The summed E-state index contributed by atoms with van der Waals surface area (Å²) in [5, 5.41) is 5.52. The van der Waals surface area contributed by atoms with E-state index in [0.717, 1.165) is 50.0 Å². The number of rotatable bonds is 6. The summed E-state index contributed by atoms with van der Waals surface area (Å²) in [7, 11) is 0. The molecule has 0 spiro atoms. The van der Waals surface area contributed by atoms with Gasteiger partial charge in [-0.2, -0.15) is 5.10 Å². The van der Waals surface area contributed by atoms with Gasteiger partial charge in [-0.05, 0) is 18.9 Å². The molecule has 2 aromatic rings. The van der Waals surface area contributed by atoms with Gasteiger partial charge in [0.25, 0.3) is 0 Å². The molecule has 0 radical (unpaired) electrons. The largest absolute Gasteiger partial charge is 0.381 e. The number of hydrogen-bond acceptors (Lipinski definition) is 3. The van der Waals surface area contributed by atoms with E-state index < -0.39 is 0 Å². The normalized spacial score (nSPS) is 18.2. The Morgan fingerprint density at radius 2 is 2.27 bits per heavy atom. The molecule has 0 saturated carbocycles. The van der Waals surface area contributed by atoms with Gasteiger partial charge in [-0.1, -0.05) is 25.1 Å². The van der Waals surface area contributed by atoms with Crippen molar-refractivity contribution in [1.82, 2.24) is 14.7 Å². The van der Waals surface area contributed by atoms with Crippen LogP contribution in [0.15, 0.2) is 30.5 Å². The Morgan fingerprint density at radius 3 is 3.09 bits per heavy atom. The minimum Gasteiger partial charge on any atom is -0.381 e.